The monoisotopic (exact) mass is 585 g/mol. The van der Waals surface area contributed by atoms with Crippen LogP contribution in [0.3, 0.4) is 0 Å². The Morgan fingerprint density at radius 1 is 0.912 bits per heavy atom. The van der Waals surface area contributed by atoms with Gasteiger partial charge in [0.25, 0.3) is 17.7 Å². The summed E-state index contributed by atoms with van der Waals surface area (Å²) in [6, 6.07) is 21.3. The predicted molar refractivity (Wildman–Crippen MR) is 143 cm³/mol. The highest BCUT2D eigenvalue weighted by Crippen LogP contribution is 2.31. The van der Waals surface area contributed by atoms with E-state index in [0.717, 1.165) is 14.0 Å². The summed E-state index contributed by atoms with van der Waals surface area (Å²) in [7, 11) is 0. The molecule has 4 rings (SSSR count). The van der Waals surface area contributed by atoms with Gasteiger partial charge >= 0.3 is 0 Å². The summed E-state index contributed by atoms with van der Waals surface area (Å²) >= 11 is 8.44. The number of amides is 3. The van der Waals surface area contributed by atoms with Crippen molar-refractivity contribution in [2.75, 3.05) is 15.5 Å². The molecule has 0 saturated heterocycles. The van der Waals surface area contributed by atoms with E-state index < -0.39 is 11.8 Å². The van der Waals surface area contributed by atoms with Crippen molar-refractivity contribution in [3.8, 4) is 0 Å². The van der Waals surface area contributed by atoms with Gasteiger partial charge in [-0.05, 0) is 88.7 Å². The first-order valence-corrected chi connectivity index (χ1v) is 12.0. The van der Waals surface area contributed by atoms with Gasteiger partial charge in [-0.25, -0.2) is 4.90 Å². The Hall–Kier alpha value is -3.17. The first-order chi connectivity index (χ1) is 16.2. The fourth-order valence-corrected chi connectivity index (χ4v) is 4.05. The maximum Gasteiger partial charge on any atom is 0.283 e. The van der Waals surface area contributed by atoms with Crippen LogP contribution in [-0.2, 0) is 9.59 Å². The Balaban J connectivity index is 1.52. The Morgan fingerprint density at radius 3 is 2.24 bits per heavy atom. The molecule has 0 atom stereocenters. The summed E-state index contributed by atoms with van der Waals surface area (Å²) in [5.41, 5.74) is 3.03. The lowest BCUT2D eigenvalue weighted by molar-refractivity contribution is -0.120. The molecule has 3 aromatic rings. The van der Waals surface area contributed by atoms with E-state index in [2.05, 4.69) is 47.1 Å². The van der Waals surface area contributed by atoms with E-state index in [1.165, 1.54) is 0 Å². The standard InChI is InChI=1S/C26H21ClIN3O3/c1-15(2)16-6-12-21(13-7-16)31-25(33)22(27)23(26(31)34)29-20-5-3-4-17(14-20)24(32)30-19-10-8-18(28)9-11-19/h3-15,29H,1-2H3,(H,30,32). The molecule has 34 heavy (non-hydrogen) atoms. The highest BCUT2D eigenvalue weighted by molar-refractivity contribution is 14.1. The minimum atomic E-state index is -0.598. The molecule has 0 spiro atoms. The van der Waals surface area contributed by atoms with Gasteiger partial charge < -0.3 is 10.6 Å². The van der Waals surface area contributed by atoms with Crippen LogP contribution in [0.5, 0.6) is 0 Å². The van der Waals surface area contributed by atoms with Gasteiger partial charge in [-0.15, -0.1) is 0 Å². The minimum absolute atomic E-state index is 0.0326. The van der Waals surface area contributed by atoms with Crippen LogP contribution in [0.4, 0.5) is 17.1 Å². The largest absolute Gasteiger partial charge is 0.350 e. The van der Waals surface area contributed by atoms with E-state index in [1.54, 1.807) is 36.4 Å². The number of imide groups is 1. The van der Waals surface area contributed by atoms with Crippen LogP contribution >= 0.6 is 34.2 Å². The first-order valence-electron chi connectivity index (χ1n) is 10.6. The molecule has 0 saturated carbocycles. The fraction of sp³-hybridized carbons (Fsp3) is 0.115. The molecular weight excluding hydrogens is 565 g/mol. The van der Waals surface area contributed by atoms with Gasteiger partial charge in [-0.3, -0.25) is 14.4 Å². The molecule has 8 heteroatoms. The average Bonchev–Trinajstić information content (AvgIpc) is 3.04. The number of rotatable bonds is 6. The summed E-state index contributed by atoms with van der Waals surface area (Å²) < 4.78 is 1.06. The Labute approximate surface area is 216 Å². The minimum Gasteiger partial charge on any atom is -0.350 e. The molecule has 3 amide bonds. The van der Waals surface area contributed by atoms with Gasteiger partial charge in [-0.1, -0.05) is 43.6 Å². The van der Waals surface area contributed by atoms with Crippen LogP contribution in [0.1, 0.15) is 35.7 Å². The summed E-state index contributed by atoms with van der Waals surface area (Å²) in [4.78, 5) is 39.5. The Morgan fingerprint density at radius 2 is 1.59 bits per heavy atom. The molecule has 172 valence electrons. The van der Waals surface area contributed by atoms with E-state index in [1.807, 2.05) is 36.4 Å². The van der Waals surface area contributed by atoms with Crippen molar-refractivity contribution in [3.63, 3.8) is 0 Å². The number of carbonyl (C=O) groups excluding carboxylic acids is 3. The number of carbonyl (C=O) groups is 3. The van der Waals surface area contributed by atoms with Crippen LogP contribution in [-0.4, -0.2) is 17.7 Å². The van der Waals surface area contributed by atoms with Crippen molar-refractivity contribution in [2.24, 2.45) is 0 Å². The SMILES string of the molecule is CC(C)c1ccc(N2C(=O)C(Cl)=C(Nc3cccc(C(=O)Nc4ccc(I)cc4)c3)C2=O)cc1. The van der Waals surface area contributed by atoms with Crippen molar-refractivity contribution in [1.29, 1.82) is 0 Å². The van der Waals surface area contributed by atoms with E-state index in [0.29, 0.717) is 28.5 Å². The van der Waals surface area contributed by atoms with Crippen molar-refractivity contribution in [3.05, 3.63) is 98.2 Å². The van der Waals surface area contributed by atoms with E-state index in [9.17, 15) is 14.4 Å². The van der Waals surface area contributed by atoms with Gasteiger partial charge in [0, 0.05) is 20.5 Å². The Kier molecular flexibility index (Phi) is 7.04. The number of halogens is 2. The number of benzene rings is 3. The lowest BCUT2D eigenvalue weighted by Crippen LogP contribution is -2.32. The second-order valence-corrected chi connectivity index (χ2v) is 9.67. The third kappa shape index (κ3) is 5.00. The van der Waals surface area contributed by atoms with Gasteiger partial charge in [0.2, 0.25) is 0 Å². The third-order valence-electron chi connectivity index (χ3n) is 5.34. The average molecular weight is 586 g/mol. The zero-order valence-corrected chi connectivity index (χ0v) is 21.3. The summed E-state index contributed by atoms with van der Waals surface area (Å²) in [6.07, 6.45) is 0. The van der Waals surface area contributed by atoms with Crippen LogP contribution in [0.15, 0.2) is 83.5 Å². The molecule has 0 aliphatic carbocycles. The van der Waals surface area contributed by atoms with Crippen molar-refractivity contribution >= 4 is 69.0 Å². The number of hydrogen-bond acceptors (Lipinski definition) is 4. The van der Waals surface area contributed by atoms with Gasteiger partial charge in [-0.2, -0.15) is 0 Å². The molecule has 1 aliphatic heterocycles. The smallest absolute Gasteiger partial charge is 0.283 e. The maximum atomic E-state index is 13.1. The van der Waals surface area contributed by atoms with Gasteiger partial charge in [0.15, 0.2) is 0 Å². The quantitative estimate of drug-likeness (QED) is 0.271. The lowest BCUT2D eigenvalue weighted by Gasteiger charge is -2.16. The van der Waals surface area contributed by atoms with Crippen LogP contribution < -0.4 is 15.5 Å². The van der Waals surface area contributed by atoms with Crippen LogP contribution in [0, 0.1) is 3.57 Å². The zero-order valence-electron chi connectivity index (χ0n) is 18.4. The second kappa shape index (κ2) is 9.99. The molecule has 2 N–H and O–H groups in total. The normalized spacial score (nSPS) is 13.6. The molecule has 1 heterocycles. The second-order valence-electron chi connectivity index (χ2n) is 8.05. The molecule has 1 aliphatic rings. The van der Waals surface area contributed by atoms with Crippen molar-refractivity contribution in [2.45, 2.75) is 19.8 Å². The summed E-state index contributed by atoms with van der Waals surface area (Å²) in [6.45, 7) is 4.13. The molecular formula is C26H21ClIN3O3. The Bertz CT molecular complexity index is 1300. The van der Waals surface area contributed by atoms with Gasteiger partial charge in [0.1, 0.15) is 10.7 Å². The van der Waals surface area contributed by atoms with Crippen LogP contribution in [0.25, 0.3) is 0 Å². The third-order valence-corrected chi connectivity index (χ3v) is 6.41. The molecule has 6 nitrogen and oxygen atoms in total. The summed E-state index contributed by atoms with van der Waals surface area (Å²) in [5, 5.41) is 5.55. The summed E-state index contributed by atoms with van der Waals surface area (Å²) in [5.74, 6) is -1.13. The zero-order chi connectivity index (χ0) is 24.4. The first kappa shape index (κ1) is 24.0. The van der Waals surface area contributed by atoms with Crippen molar-refractivity contribution < 1.29 is 14.4 Å². The molecule has 0 fully saturated rings. The highest BCUT2D eigenvalue weighted by Gasteiger charge is 2.39. The molecule has 0 radical (unpaired) electrons. The van der Waals surface area contributed by atoms with Crippen molar-refractivity contribution in [1.82, 2.24) is 0 Å². The molecule has 0 aromatic heterocycles. The van der Waals surface area contributed by atoms with E-state index >= 15 is 0 Å². The number of nitrogens with zero attached hydrogens (tertiary/aromatic N) is 1. The molecule has 0 bridgehead atoms. The van der Waals surface area contributed by atoms with Crippen LogP contribution in [0.2, 0.25) is 0 Å². The fourth-order valence-electron chi connectivity index (χ4n) is 3.47. The van der Waals surface area contributed by atoms with Gasteiger partial charge in [0.05, 0.1) is 5.69 Å². The lowest BCUT2D eigenvalue weighted by atomic mass is 10.0. The van der Waals surface area contributed by atoms with E-state index in [4.69, 9.17) is 11.6 Å². The molecule has 0 unspecified atom stereocenters. The topological polar surface area (TPSA) is 78.5 Å². The number of anilines is 3. The maximum absolute atomic E-state index is 13.1. The molecule has 3 aromatic carbocycles. The predicted octanol–water partition coefficient (Wildman–Crippen LogP) is 6.10. The number of hydrogen-bond donors (Lipinski definition) is 2. The van der Waals surface area contributed by atoms with E-state index in [-0.39, 0.29) is 16.6 Å². The number of nitrogens with one attached hydrogen (secondary N) is 2. The highest BCUT2D eigenvalue weighted by atomic mass is 127.